The minimum absolute atomic E-state index is 0.303. The van der Waals surface area contributed by atoms with Gasteiger partial charge in [-0.1, -0.05) is 36.2 Å². The summed E-state index contributed by atoms with van der Waals surface area (Å²) in [5, 5.41) is 8.63. The normalized spacial score (nSPS) is 14.5. The second-order valence-corrected chi connectivity index (χ2v) is 8.25. The van der Waals surface area contributed by atoms with Gasteiger partial charge < -0.3 is 15.5 Å². The summed E-state index contributed by atoms with van der Waals surface area (Å²) in [6.45, 7) is 3.07. The van der Waals surface area contributed by atoms with Crippen molar-refractivity contribution in [3.05, 3.63) is 58.7 Å². The van der Waals surface area contributed by atoms with Gasteiger partial charge in [0.05, 0.1) is 10.5 Å². The van der Waals surface area contributed by atoms with Crippen LogP contribution in [-0.4, -0.2) is 46.8 Å². The lowest BCUT2D eigenvalue weighted by Gasteiger charge is -2.27. The van der Waals surface area contributed by atoms with Crippen LogP contribution in [0.1, 0.15) is 35.3 Å². The highest BCUT2D eigenvalue weighted by Gasteiger charge is 2.18. The number of carbonyl (C=O) groups is 1. The molecule has 0 atom stereocenters. The fraction of sp³-hybridized carbons (Fsp3) is 0.304. The van der Waals surface area contributed by atoms with Crippen molar-refractivity contribution in [2.45, 2.75) is 25.8 Å². The third-order valence-corrected chi connectivity index (χ3v) is 5.91. The number of hydrogen-bond acceptors (Lipinski definition) is 4. The van der Waals surface area contributed by atoms with Crippen LogP contribution in [0.15, 0.2) is 42.5 Å². The van der Waals surface area contributed by atoms with Crippen molar-refractivity contribution < 1.29 is 9.53 Å². The molecule has 8 heteroatoms. The molecule has 162 valence electrons. The number of aromatic amines is 1. The minimum Gasteiger partial charge on any atom is -0.457 e. The molecule has 0 radical (unpaired) electrons. The molecule has 2 heterocycles. The number of hydrogen-bond donors (Lipinski definition) is 3. The number of nitrogens with two attached hydrogens (primary N) is 1. The molecular formula is C23H26ClN5O2. The highest BCUT2D eigenvalue weighted by molar-refractivity contribution is 6.35. The zero-order chi connectivity index (χ0) is 22.0. The number of likely N-dealkylation sites (tertiary alicyclic amines) is 1. The number of nitrogens with zero attached hydrogens (tertiary/aromatic N) is 2. The number of nitrogens with one attached hydrogen (secondary N) is 2. The number of carbonyl (C=O) groups excluding carboxylic acids is 1. The summed E-state index contributed by atoms with van der Waals surface area (Å²) < 4.78 is 6.21. The van der Waals surface area contributed by atoms with Crippen molar-refractivity contribution in [3.8, 4) is 11.5 Å². The number of piperidine rings is 1. The molecule has 0 spiro atoms. The largest absolute Gasteiger partial charge is 0.457 e. The number of amides is 1. The molecule has 1 saturated heterocycles. The molecule has 0 aliphatic carbocycles. The second-order valence-electron chi connectivity index (χ2n) is 7.85. The first-order valence-corrected chi connectivity index (χ1v) is 10.7. The quantitative estimate of drug-likeness (QED) is 0.400. The van der Waals surface area contributed by atoms with E-state index in [1.807, 2.05) is 24.3 Å². The predicted octanol–water partition coefficient (Wildman–Crippen LogP) is 4.56. The summed E-state index contributed by atoms with van der Waals surface area (Å²) in [5.41, 5.74) is 7.53. The van der Waals surface area contributed by atoms with Crippen LogP contribution in [0.2, 0.25) is 5.02 Å². The maximum Gasteiger partial charge on any atom is 0.276 e. The van der Waals surface area contributed by atoms with Crippen LogP contribution < -0.4 is 10.5 Å². The molecule has 1 aliphatic rings. The number of H-pyrrole nitrogens is 1. The summed E-state index contributed by atoms with van der Waals surface area (Å²) >= 11 is 6.48. The molecule has 1 aliphatic heterocycles. The Bertz CT molecular complexity index is 1120. The molecule has 31 heavy (non-hydrogen) atoms. The smallest absolute Gasteiger partial charge is 0.276 e. The lowest BCUT2D eigenvalue weighted by Crippen LogP contribution is -2.38. The molecular weight excluding hydrogens is 414 g/mol. The summed E-state index contributed by atoms with van der Waals surface area (Å²) in [6.07, 6.45) is 3.78. The van der Waals surface area contributed by atoms with Crippen LogP contribution in [0.4, 0.5) is 0 Å². The molecule has 4 N–H and O–H groups in total. The molecule has 1 aromatic heterocycles. The Morgan fingerprint density at radius 3 is 2.71 bits per heavy atom. The molecule has 0 bridgehead atoms. The Labute approximate surface area is 186 Å². The van der Waals surface area contributed by atoms with Crippen LogP contribution in [0.3, 0.4) is 0 Å². The van der Waals surface area contributed by atoms with Crippen LogP contribution in [0, 0.1) is 5.41 Å². The van der Waals surface area contributed by atoms with Crippen molar-refractivity contribution in [3.63, 3.8) is 0 Å². The average molecular weight is 440 g/mol. The topological polar surface area (TPSA) is 98.4 Å². The van der Waals surface area contributed by atoms with Gasteiger partial charge in [0.1, 0.15) is 17.2 Å². The third kappa shape index (κ3) is 4.68. The van der Waals surface area contributed by atoms with E-state index >= 15 is 0 Å². The molecule has 0 unspecified atom stereocenters. The van der Waals surface area contributed by atoms with Gasteiger partial charge in [-0.25, -0.2) is 0 Å². The lowest BCUT2D eigenvalue weighted by molar-refractivity contribution is 0.0864. The van der Waals surface area contributed by atoms with Crippen LogP contribution >= 0.6 is 11.6 Å². The van der Waals surface area contributed by atoms with Gasteiger partial charge in [0, 0.05) is 36.7 Å². The number of benzene rings is 2. The van der Waals surface area contributed by atoms with Crippen molar-refractivity contribution in [2.24, 2.45) is 5.73 Å². The Balaban J connectivity index is 1.59. The first-order chi connectivity index (χ1) is 14.9. The highest BCUT2D eigenvalue weighted by Crippen LogP contribution is 2.34. The van der Waals surface area contributed by atoms with Gasteiger partial charge in [-0.15, -0.1) is 0 Å². The molecule has 0 saturated carbocycles. The van der Waals surface area contributed by atoms with E-state index in [2.05, 4.69) is 16.0 Å². The SMILES string of the molecule is CN(C(=N)N)C(=O)c1cc2c(Cl)cc(Oc3ccccc3CN3CCCCC3)cc2[nH]1. The number of para-hydroxylation sites is 1. The zero-order valence-electron chi connectivity index (χ0n) is 17.5. The Kier molecular flexibility index (Phi) is 6.15. The van der Waals surface area contributed by atoms with E-state index in [-0.39, 0.29) is 5.96 Å². The molecule has 2 aromatic carbocycles. The van der Waals surface area contributed by atoms with Crippen molar-refractivity contribution in [1.82, 2.24) is 14.8 Å². The molecule has 4 rings (SSSR count). The van der Waals surface area contributed by atoms with Crippen LogP contribution in [0.25, 0.3) is 10.9 Å². The number of halogens is 1. The predicted molar refractivity (Wildman–Crippen MR) is 123 cm³/mol. The van der Waals surface area contributed by atoms with Gasteiger partial charge in [0.15, 0.2) is 5.96 Å². The third-order valence-electron chi connectivity index (χ3n) is 5.60. The first kappa shape index (κ1) is 21.2. The van der Waals surface area contributed by atoms with Crippen molar-refractivity contribution in [1.29, 1.82) is 5.41 Å². The lowest BCUT2D eigenvalue weighted by atomic mass is 10.1. The fourth-order valence-corrected chi connectivity index (χ4v) is 4.12. The van der Waals surface area contributed by atoms with Gasteiger partial charge in [-0.3, -0.25) is 20.0 Å². The standard InChI is InChI=1S/C23H26ClN5O2/c1-28(23(25)26)22(30)20-13-17-18(24)11-16(12-19(17)27-20)31-21-8-4-3-7-15(21)14-29-9-5-2-6-10-29/h3-4,7-8,11-13,27H,2,5-6,9-10,14H2,1H3,(H3,25,26). The second kappa shape index (κ2) is 8.99. The summed E-state index contributed by atoms with van der Waals surface area (Å²) in [6, 6.07) is 13.3. The average Bonchev–Trinajstić information content (AvgIpc) is 3.19. The van der Waals surface area contributed by atoms with E-state index in [0.717, 1.165) is 35.8 Å². The molecule has 1 amide bonds. The Morgan fingerprint density at radius 1 is 1.23 bits per heavy atom. The van der Waals surface area contributed by atoms with Gasteiger partial charge in [0.2, 0.25) is 0 Å². The Morgan fingerprint density at radius 2 is 1.97 bits per heavy atom. The van der Waals surface area contributed by atoms with Gasteiger partial charge in [0.25, 0.3) is 5.91 Å². The van der Waals surface area contributed by atoms with E-state index in [9.17, 15) is 4.79 Å². The number of ether oxygens (including phenoxy) is 1. The number of rotatable bonds is 5. The maximum atomic E-state index is 12.5. The molecule has 7 nitrogen and oxygen atoms in total. The first-order valence-electron chi connectivity index (χ1n) is 10.3. The van der Waals surface area contributed by atoms with Gasteiger partial charge in [-0.05, 0) is 38.1 Å². The minimum atomic E-state index is -0.408. The number of aromatic nitrogens is 1. The van der Waals surface area contributed by atoms with Crippen molar-refractivity contribution >= 4 is 34.4 Å². The van der Waals surface area contributed by atoms with E-state index in [1.165, 1.54) is 26.3 Å². The highest BCUT2D eigenvalue weighted by atomic mass is 35.5. The summed E-state index contributed by atoms with van der Waals surface area (Å²) in [7, 11) is 1.45. The van der Waals surface area contributed by atoms with Crippen molar-refractivity contribution in [2.75, 3.05) is 20.1 Å². The number of fused-ring (bicyclic) bond motifs is 1. The van der Waals surface area contributed by atoms with Gasteiger partial charge >= 0.3 is 0 Å². The Hall–Kier alpha value is -3.03. The van der Waals surface area contributed by atoms with Crippen LogP contribution in [-0.2, 0) is 6.54 Å². The van der Waals surface area contributed by atoms with E-state index in [4.69, 9.17) is 27.5 Å². The zero-order valence-corrected chi connectivity index (χ0v) is 18.2. The fourth-order valence-electron chi connectivity index (χ4n) is 3.85. The van der Waals surface area contributed by atoms with Crippen LogP contribution in [0.5, 0.6) is 11.5 Å². The molecule has 1 fully saturated rings. The number of guanidine groups is 1. The van der Waals surface area contributed by atoms with E-state index in [0.29, 0.717) is 27.4 Å². The van der Waals surface area contributed by atoms with E-state index < -0.39 is 5.91 Å². The van der Waals surface area contributed by atoms with Gasteiger partial charge in [-0.2, -0.15) is 0 Å². The monoisotopic (exact) mass is 439 g/mol. The maximum absolute atomic E-state index is 12.5. The molecule has 3 aromatic rings. The summed E-state index contributed by atoms with van der Waals surface area (Å²) in [5.74, 6) is 0.644. The summed E-state index contributed by atoms with van der Waals surface area (Å²) in [4.78, 5) is 19.1. The van der Waals surface area contributed by atoms with E-state index in [1.54, 1.807) is 12.1 Å².